The Morgan fingerprint density at radius 1 is 1.53 bits per heavy atom. The van der Waals surface area contributed by atoms with Crippen LogP contribution >= 0.6 is 0 Å². The van der Waals surface area contributed by atoms with Gasteiger partial charge in [-0.05, 0) is 24.1 Å². The summed E-state index contributed by atoms with van der Waals surface area (Å²) in [6.45, 7) is 1.79. The molecular weight excluding hydrogens is 247 g/mol. The third-order valence-electron chi connectivity index (χ3n) is 2.82. The molecule has 0 saturated carbocycles. The fraction of sp³-hybridized carbons (Fsp3) is 0.308. The molecule has 6 heteroatoms. The lowest BCUT2D eigenvalue weighted by molar-refractivity contribution is -0.119. The van der Waals surface area contributed by atoms with Crippen LogP contribution in [0.3, 0.4) is 0 Å². The molecule has 0 fully saturated rings. The number of nitrogens with one attached hydrogen (secondary N) is 1. The van der Waals surface area contributed by atoms with Crippen molar-refractivity contribution in [1.29, 1.82) is 0 Å². The molecule has 1 atom stereocenters. The summed E-state index contributed by atoms with van der Waals surface area (Å²) in [6, 6.07) is 6.26. The number of amides is 1. The molecular formula is C13H15FN4O. The van der Waals surface area contributed by atoms with Gasteiger partial charge in [0, 0.05) is 13.0 Å². The van der Waals surface area contributed by atoms with E-state index in [1.165, 1.54) is 18.5 Å². The highest BCUT2D eigenvalue weighted by Crippen LogP contribution is 2.12. The molecule has 1 N–H and O–H groups in total. The maximum atomic E-state index is 13.1. The van der Waals surface area contributed by atoms with Crippen LogP contribution in [0.15, 0.2) is 30.6 Å². The summed E-state index contributed by atoms with van der Waals surface area (Å²) in [5.41, 5.74) is 0.792. The van der Waals surface area contributed by atoms with Gasteiger partial charge in [0.1, 0.15) is 12.1 Å². The van der Waals surface area contributed by atoms with Crippen LogP contribution in [0.2, 0.25) is 0 Å². The van der Waals surface area contributed by atoms with Crippen LogP contribution in [0.5, 0.6) is 0 Å². The third kappa shape index (κ3) is 3.37. The van der Waals surface area contributed by atoms with Crippen molar-refractivity contribution >= 4 is 11.9 Å². The van der Waals surface area contributed by atoms with E-state index in [0.29, 0.717) is 12.4 Å². The van der Waals surface area contributed by atoms with Crippen molar-refractivity contribution in [3.05, 3.63) is 42.0 Å². The summed E-state index contributed by atoms with van der Waals surface area (Å²) in [5.74, 6) is -0.339. The summed E-state index contributed by atoms with van der Waals surface area (Å²) < 4.78 is 14.7. The first-order valence-electron chi connectivity index (χ1n) is 5.95. The average Bonchev–Trinajstić information content (AvgIpc) is 2.75. The minimum Gasteiger partial charge on any atom is -0.303 e. The standard InChI is InChI=1S/C13H15FN4O/c1-9(6-10-4-3-5-11(14)7-10)12(19)16-13-17-15-8-18(13)2/h3-5,7-9H,6H2,1-2H3,(H,16,17,19)/t9-/m1/s1. The monoisotopic (exact) mass is 262 g/mol. The topological polar surface area (TPSA) is 59.8 Å². The zero-order chi connectivity index (χ0) is 13.8. The predicted molar refractivity (Wildman–Crippen MR) is 68.9 cm³/mol. The van der Waals surface area contributed by atoms with Gasteiger partial charge in [-0.1, -0.05) is 19.1 Å². The Labute approximate surface area is 110 Å². The van der Waals surface area contributed by atoms with E-state index in [0.717, 1.165) is 5.56 Å². The van der Waals surface area contributed by atoms with Gasteiger partial charge in [0.05, 0.1) is 0 Å². The lowest BCUT2D eigenvalue weighted by Crippen LogP contribution is -2.23. The number of benzene rings is 1. The summed E-state index contributed by atoms with van der Waals surface area (Å²) in [5, 5.41) is 10.1. The highest BCUT2D eigenvalue weighted by Gasteiger charge is 2.15. The number of carbonyl (C=O) groups excluding carboxylic acids is 1. The third-order valence-corrected chi connectivity index (χ3v) is 2.82. The van der Waals surface area contributed by atoms with Crippen LogP contribution in [-0.4, -0.2) is 20.7 Å². The van der Waals surface area contributed by atoms with Crippen molar-refractivity contribution in [3.8, 4) is 0 Å². The smallest absolute Gasteiger partial charge is 0.230 e. The Bertz CT molecular complexity index is 582. The van der Waals surface area contributed by atoms with E-state index >= 15 is 0 Å². The largest absolute Gasteiger partial charge is 0.303 e. The molecule has 0 radical (unpaired) electrons. The van der Waals surface area contributed by atoms with Gasteiger partial charge in [-0.2, -0.15) is 0 Å². The van der Waals surface area contributed by atoms with E-state index in [1.807, 2.05) is 0 Å². The van der Waals surface area contributed by atoms with Crippen LogP contribution in [-0.2, 0) is 18.3 Å². The number of hydrogen-bond acceptors (Lipinski definition) is 3. The highest BCUT2D eigenvalue weighted by molar-refractivity contribution is 5.90. The van der Waals surface area contributed by atoms with E-state index in [2.05, 4.69) is 15.5 Å². The molecule has 19 heavy (non-hydrogen) atoms. The number of nitrogens with zero attached hydrogens (tertiary/aromatic N) is 3. The summed E-state index contributed by atoms with van der Waals surface area (Å²) in [7, 11) is 1.74. The molecule has 0 aliphatic rings. The maximum Gasteiger partial charge on any atom is 0.230 e. The van der Waals surface area contributed by atoms with Gasteiger partial charge in [-0.3, -0.25) is 10.1 Å². The quantitative estimate of drug-likeness (QED) is 0.913. The van der Waals surface area contributed by atoms with E-state index in [1.54, 1.807) is 30.7 Å². The molecule has 1 amide bonds. The second-order valence-electron chi connectivity index (χ2n) is 4.49. The normalized spacial score (nSPS) is 12.2. The molecule has 5 nitrogen and oxygen atoms in total. The number of rotatable bonds is 4. The zero-order valence-electron chi connectivity index (χ0n) is 10.8. The Hall–Kier alpha value is -2.24. The average molecular weight is 262 g/mol. The molecule has 100 valence electrons. The Balaban J connectivity index is 1.98. The number of anilines is 1. The van der Waals surface area contributed by atoms with Gasteiger partial charge in [0.15, 0.2) is 0 Å². The van der Waals surface area contributed by atoms with Gasteiger partial charge < -0.3 is 4.57 Å². The maximum absolute atomic E-state index is 13.1. The molecule has 1 aromatic heterocycles. The van der Waals surface area contributed by atoms with Crippen molar-refractivity contribution in [2.45, 2.75) is 13.3 Å². The SMILES string of the molecule is C[C@H](Cc1cccc(F)c1)C(=O)Nc1nncn1C. The number of halogens is 1. The van der Waals surface area contributed by atoms with Gasteiger partial charge in [0.25, 0.3) is 0 Å². The molecule has 1 heterocycles. The number of hydrogen-bond donors (Lipinski definition) is 1. The molecule has 0 saturated heterocycles. The molecule has 1 aromatic carbocycles. The van der Waals surface area contributed by atoms with Crippen molar-refractivity contribution in [2.75, 3.05) is 5.32 Å². The second kappa shape index (κ2) is 5.60. The minimum absolute atomic E-state index is 0.166. The Morgan fingerprint density at radius 3 is 2.95 bits per heavy atom. The number of aryl methyl sites for hydroxylation is 1. The number of aromatic nitrogens is 3. The van der Waals surface area contributed by atoms with Gasteiger partial charge in [0.2, 0.25) is 11.9 Å². The minimum atomic E-state index is -0.293. The second-order valence-corrected chi connectivity index (χ2v) is 4.49. The molecule has 0 spiro atoms. The molecule has 0 aliphatic heterocycles. The van der Waals surface area contributed by atoms with E-state index in [9.17, 15) is 9.18 Å². The van der Waals surface area contributed by atoms with Gasteiger partial charge in [-0.25, -0.2) is 4.39 Å². The fourth-order valence-corrected chi connectivity index (χ4v) is 1.74. The summed E-state index contributed by atoms with van der Waals surface area (Å²) in [4.78, 5) is 12.0. The van der Waals surface area contributed by atoms with E-state index in [4.69, 9.17) is 0 Å². The van der Waals surface area contributed by atoms with Crippen LogP contribution < -0.4 is 5.32 Å². The first kappa shape index (κ1) is 13.2. The summed E-state index contributed by atoms with van der Waals surface area (Å²) in [6.07, 6.45) is 1.98. The molecule has 0 aliphatic carbocycles. The van der Waals surface area contributed by atoms with E-state index in [-0.39, 0.29) is 17.6 Å². The highest BCUT2D eigenvalue weighted by atomic mass is 19.1. The van der Waals surface area contributed by atoms with Crippen molar-refractivity contribution < 1.29 is 9.18 Å². The Kier molecular flexibility index (Phi) is 3.89. The first-order valence-corrected chi connectivity index (χ1v) is 5.95. The van der Waals surface area contributed by atoms with Crippen molar-refractivity contribution in [3.63, 3.8) is 0 Å². The fourth-order valence-electron chi connectivity index (χ4n) is 1.74. The van der Waals surface area contributed by atoms with Crippen LogP contribution in [0.25, 0.3) is 0 Å². The van der Waals surface area contributed by atoms with Crippen LogP contribution in [0.1, 0.15) is 12.5 Å². The van der Waals surface area contributed by atoms with E-state index < -0.39 is 0 Å². The van der Waals surface area contributed by atoms with Gasteiger partial charge >= 0.3 is 0 Å². The molecule has 0 bridgehead atoms. The first-order chi connectivity index (χ1) is 9.06. The van der Waals surface area contributed by atoms with Crippen molar-refractivity contribution in [1.82, 2.24) is 14.8 Å². The summed E-state index contributed by atoms with van der Waals surface area (Å²) >= 11 is 0. The van der Waals surface area contributed by atoms with Crippen LogP contribution in [0, 0.1) is 11.7 Å². The zero-order valence-corrected chi connectivity index (χ0v) is 10.8. The lowest BCUT2D eigenvalue weighted by atomic mass is 10.0. The van der Waals surface area contributed by atoms with Crippen molar-refractivity contribution in [2.24, 2.45) is 13.0 Å². The van der Waals surface area contributed by atoms with Crippen LogP contribution in [0.4, 0.5) is 10.3 Å². The number of carbonyl (C=O) groups is 1. The predicted octanol–water partition coefficient (Wildman–Crippen LogP) is 1.77. The lowest BCUT2D eigenvalue weighted by Gasteiger charge is -2.11. The van der Waals surface area contributed by atoms with Gasteiger partial charge in [-0.15, -0.1) is 10.2 Å². The molecule has 2 aromatic rings. The molecule has 2 rings (SSSR count). The Morgan fingerprint density at radius 2 is 2.32 bits per heavy atom. The molecule has 0 unspecified atom stereocenters.